The van der Waals surface area contributed by atoms with Crippen molar-refractivity contribution >= 4 is 23.0 Å². The third kappa shape index (κ3) is 3.84. The van der Waals surface area contributed by atoms with E-state index in [-0.39, 0.29) is 0 Å². The minimum absolute atomic E-state index is 0.796. The van der Waals surface area contributed by atoms with Gasteiger partial charge < -0.3 is 15.1 Å². The third-order valence-electron chi connectivity index (χ3n) is 3.38. The maximum absolute atomic E-state index is 4.25. The molecule has 0 saturated heterocycles. The van der Waals surface area contributed by atoms with Crippen LogP contribution in [0.1, 0.15) is 13.8 Å². The van der Waals surface area contributed by atoms with Crippen LogP contribution >= 0.6 is 0 Å². The second-order valence-electron chi connectivity index (χ2n) is 5.00. The largest absolute Gasteiger partial charge is 0.372 e. The summed E-state index contributed by atoms with van der Waals surface area (Å²) in [5.41, 5.74) is 2.26. The summed E-state index contributed by atoms with van der Waals surface area (Å²) in [5.74, 6) is 1.68. The molecule has 1 aromatic carbocycles. The highest BCUT2D eigenvalue weighted by molar-refractivity contribution is 5.62. The summed E-state index contributed by atoms with van der Waals surface area (Å²) >= 11 is 0. The Morgan fingerprint density at radius 2 is 1.67 bits per heavy atom. The average Bonchev–Trinajstić information content (AvgIpc) is 2.50. The van der Waals surface area contributed by atoms with E-state index in [1.165, 1.54) is 5.69 Å². The van der Waals surface area contributed by atoms with E-state index in [1.807, 2.05) is 25.1 Å². The van der Waals surface area contributed by atoms with Crippen molar-refractivity contribution in [2.24, 2.45) is 0 Å². The first-order valence-electron chi connectivity index (χ1n) is 7.25. The Balaban J connectivity index is 2.11. The van der Waals surface area contributed by atoms with Crippen LogP contribution in [0, 0.1) is 0 Å². The number of hydrogen-bond acceptors (Lipinski definition) is 5. The monoisotopic (exact) mass is 285 g/mol. The summed E-state index contributed by atoms with van der Waals surface area (Å²) in [6.07, 6.45) is 1.57. The van der Waals surface area contributed by atoms with Crippen LogP contribution in [0.4, 0.5) is 23.0 Å². The second kappa shape index (κ2) is 6.92. The summed E-state index contributed by atoms with van der Waals surface area (Å²) in [7, 11) is 3.93. The molecule has 0 fully saturated rings. The number of nitrogens with one attached hydrogen (secondary N) is 1. The molecule has 0 aliphatic heterocycles. The van der Waals surface area contributed by atoms with Crippen LogP contribution in [-0.2, 0) is 0 Å². The molecule has 0 saturated carbocycles. The number of aromatic nitrogens is 2. The fraction of sp³-hybridized carbons (Fsp3) is 0.375. The summed E-state index contributed by atoms with van der Waals surface area (Å²) < 4.78 is 0. The van der Waals surface area contributed by atoms with Gasteiger partial charge in [0.05, 0.1) is 0 Å². The van der Waals surface area contributed by atoms with E-state index < -0.39 is 0 Å². The van der Waals surface area contributed by atoms with Gasteiger partial charge in [-0.2, -0.15) is 0 Å². The molecule has 0 aliphatic rings. The molecule has 0 atom stereocenters. The van der Waals surface area contributed by atoms with Crippen molar-refractivity contribution in [2.45, 2.75) is 13.8 Å². The Morgan fingerprint density at radius 1 is 1.00 bits per heavy atom. The van der Waals surface area contributed by atoms with Gasteiger partial charge in [0.2, 0.25) is 0 Å². The smallest absolute Gasteiger partial charge is 0.135 e. The maximum Gasteiger partial charge on any atom is 0.135 e. The van der Waals surface area contributed by atoms with Gasteiger partial charge in [0.25, 0.3) is 0 Å². The number of anilines is 4. The standard InChI is InChI=1S/C16H23N5/c1-5-21(6-2)14-9-7-13(8-10-14)19-15-11-16(20(3)4)18-12-17-15/h7-12H,5-6H2,1-4H3,(H,17,18,19). The highest BCUT2D eigenvalue weighted by atomic mass is 15.2. The van der Waals surface area contributed by atoms with Gasteiger partial charge in [-0.3, -0.25) is 0 Å². The van der Waals surface area contributed by atoms with Crippen molar-refractivity contribution in [3.05, 3.63) is 36.7 Å². The zero-order chi connectivity index (χ0) is 15.2. The van der Waals surface area contributed by atoms with Gasteiger partial charge in [0.15, 0.2) is 0 Å². The molecule has 5 nitrogen and oxygen atoms in total. The minimum Gasteiger partial charge on any atom is -0.372 e. The van der Waals surface area contributed by atoms with Crippen molar-refractivity contribution < 1.29 is 0 Å². The fourth-order valence-corrected chi connectivity index (χ4v) is 2.15. The zero-order valence-electron chi connectivity index (χ0n) is 13.2. The van der Waals surface area contributed by atoms with Gasteiger partial charge in [-0.1, -0.05) is 0 Å². The first kappa shape index (κ1) is 15.1. The van der Waals surface area contributed by atoms with Gasteiger partial charge in [0, 0.05) is 44.6 Å². The molecule has 0 bridgehead atoms. The summed E-state index contributed by atoms with van der Waals surface area (Å²) in [5, 5.41) is 3.31. The van der Waals surface area contributed by atoms with Gasteiger partial charge in [-0.15, -0.1) is 0 Å². The molecule has 1 N–H and O–H groups in total. The lowest BCUT2D eigenvalue weighted by Gasteiger charge is -2.21. The molecule has 2 aromatic rings. The molecule has 1 aromatic heterocycles. The highest BCUT2D eigenvalue weighted by Gasteiger charge is 2.03. The highest BCUT2D eigenvalue weighted by Crippen LogP contribution is 2.21. The van der Waals surface area contributed by atoms with Crippen LogP contribution in [0.2, 0.25) is 0 Å². The molecule has 21 heavy (non-hydrogen) atoms. The molecule has 0 aliphatic carbocycles. The van der Waals surface area contributed by atoms with Crippen LogP contribution in [-0.4, -0.2) is 37.2 Å². The topological polar surface area (TPSA) is 44.3 Å². The van der Waals surface area contributed by atoms with Crippen LogP contribution in [0.25, 0.3) is 0 Å². The summed E-state index contributed by atoms with van der Waals surface area (Å²) in [6, 6.07) is 10.3. The van der Waals surface area contributed by atoms with Crippen LogP contribution < -0.4 is 15.1 Å². The molecule has 0 radical (unpaired) electrons. The van der Waals surface area contributed by atoms with E-state index in [2.05, 4.69) is 58.3 Å². The van der Waals surface area contributed by atoms with E-state index in [0.29, 0.717) is 0 Å². The lowest BCUT2D eigenvalue weighted by atomic mass is 10.2. The van der Waals surface area contributed by atoms with E-state index >= 15 is 0 Å². The number of benzene rings is 1. The first-order chi connectivity index (χ1) is 10.1. The predicted octanol–water partition coefficient (Wildman–Crippen LogP) is 3.13. The van der Waals surface area contributed by atoms with E-state index in [1.54, 1.807) is 6.33 Å². The van der Waals surface area contributed by atoms with Crippen molar-refractivity contribution in [3.8, 4) is 0 Å². The molecule has 2 rings (SSSR count). The predicted molar refractivity (Wildman–Crippen MR) is 89.6 cm³/mol. The number of nitrogens with zero attached hydrogens (tertiary/aromatic N) is 4. The molecule has 5 heteroatoms. The van der Waals surface area contributed by atoms with Crippen molar-refractivity contribution in [1.29, 1.82) is 0 Å². The minimum atomic E-state index is 0.796. The lowest BCUT2D eigenvalue weighted by molar-refractivity contribution is 0.866. The Kier molecular flexibility index (Phi) is 4.98. The lowest BCUT2D eigenvalue weighted by Crippen LogP contribution is -2.21. The van der Waals surface area contributed by atoms with Crippen LogP contribution in [0.5, 0.6) is 0 Å². The van der Waals surface area contributed by atoms with Gasteiger partial charge >= 0.3 is 0 Å². The summed E-state index contributed by atoms with van der Waals surface area (Å²) in [4.78, 5) is 12.7. The Hall–Kier alpha value is -2.30. The molecule has 0 unspecified atom stereocenters. The molecular weight excluding hydrogens is 262 g/mol. The Labute approximate surface area is 126 Å². The molecular formula is C16H23N5. The maximum atomic E-state index is 4.25. The Morgan fingerprint density at radius 3 is 2.24 bits per heavy atom. The van der Waals surface area contributed by atoms with Crippen LogP contribution in [0.3, 0.4) is 0 Å². The van der Waals surface area contributed by atoms with Gasteiger partial charge in [0.1, 0.15) is 18.0 Å². The molecule has 0 amide bonds. The van der Waals surface area contributed by atoms with Crippen molar-refractivity contribution in [3.63, 3.8) is 0 Å². The summed E-state index contributed by atoms with van der Waals surface area (Å²) in [6.45, 7) is 6.36. The van der Waals surface area contributed by atoms with E-state index in [0.717, 1.165) is 30.4 Å². The fourth-order valence-electron chi connectivity index (χ4n) is 2.15. The third-order valence-corrected chi connectivity index (χ3v) is 3.38. The van der Waals surface area contributed by atoms with Crippen LogP contribution in [0.15, 0.2) is 36.7 Å². The quantitative estimate of drug-likeness (QED) is 0.883. The SMILES string of the molecule is CCN(CC)c1ccc(Nc2cc(N(C)C)ncn2)cc1. The number of rotatable bonds is 6. The van der Waals surface area contributed by atoms with Gasteiger partial charge in [-0.25, -0.2) is 9.97 Å². The zero-order valence-corrected chi connectivity index (χ0v) is 13.2. The second-order valence-corrected chi connectivity index (χ2v) is 5.00. The molecule has 1 heterocycles. The van der Waals surface area contributed by atoms with E-state index in [4.69, 9.17) is 0 Å². The first-order valence-corrected chi connectivity index (χ1v) is 7.25. The molecule has 0 spiro atoms. The molecule has 112 valence electrons. The normalized spacial score (nSPS) is 10.3. The average molecular weight is 285 g/mol. The van der Waals surface area contributed by atoms with Crippen molar-refractivity contribution in [1.82, 2.24) is 9.97 Å². The van der Waals surface area contributed by atoms with Gasteiger partial charge in [-0.05, 0) is 38.1 Å². The number of hydrogen-bond donors (Lipinski definition) is 1. The van der Waals surface area contributed by atoms with E-state index in [9.17, 15) is 0 Å². The Bertz CT molecular complexity index is 561. The van der Waals surface area contributed by atoms with Crippen molar-refractivity contribution in [2.75, 3.05) is 42.3 Å².